The van der Waals surface area contributed by atoms with Crippen LogP contribution in [0.25, 0.3) is 0 Å². The number of nitrogens with two attached hydrogens (primary N) is 1. The largest absolute Gasteiger partial charge is 0.389 e. The Morgan fingerprint density at radius 3 is 2.52 bits per heavy atom. The number of benzene rings is 2. The topological polar surface area (TPSA) is 32.5 Å². The molecule has 1 aliphatic heterocycles. The first-order chi connectivity index (χ1) is 10.1. The zero-order chi connectivity index (χ0) is 15.0. The third-order valence-electron chi connectivity index (χ3n) is 3.77. The Balaban J connectivity index is 2.04. The number of nitrogens with zero attached hydrogens (tertiary/aromatic N) is 2. The summed E-state index contributed by atoms with van der Waals surface area (Å²) in [5, 5.41) is 0. The fourth-order valence-electron chi connectivity index (χ4n) is 2.65. The number of fused-ring (bicyclic) bond motifs is 1. The van der Waals surface area contributed by atoms with Crippen LogP contribution in [0.5, 0.6) is 0 Å². The van der Waals surface area contributed by atoms with Crippen molar-refractivity contribution >= 4 is 50.2 Å². The van der Waals surface area contributed by atoms with Crippen LogP contribution in [0.3, 0.4) is 0 Å². The second-order valence-electron chi connectivity index (χ2n) is 5.09. The molecule has 2 aromatic rings. The van der Waals surface area contributed by atoms with Gasteiger partial charge in [-0.1, -0.05) is 24.4 Å². The molecule has 0 saturated heterocycles. The summed E-state index contributed by atoms with van der Waals surface area (Å²) in [5.74, 6) is 0. The van der Waals surface area contributed by atoms with Gasteiger partial charge in [0.05, 0.1) is 11.4 Å². The van der Waals surface area contributed by atoms with Crippen molar-refractivity contribution < 1.29 is 0 Å². The first kappa shape index (κ1) is 14.4. The molecule has 3 nitrogen and oxygen atoms in total. The number of hydrogen-bond donors (Lipinski definition) is 1. The molecule has 2 aromatic carbocycles. The van der Waals surface area contributed by atoms with E-state index in [1.807, 2.05) is 6.07 Å². The van der Waals surface area contributed by atoms with E-state index in [0.717, 1.165) is 28.8 Å². The highest BCUT2D eigenvalue weighted by Gasteiger charge is 2.21. The summed E-state index contributed by atoms with van der Waals surface area (Å²) in [6, 6.07) is 14.6. The molecule has 0 bridgehead atoms. The van der Waals surface area contributed by atoms with Gasteiger partial charge < -0.3 is 15.5 Å². The molecular weight excluding hydrogens is 346 g/mol. The van der Waals surface area contributed by atoms with Gasteiger partial charge in [-0.25, -0.2) is 0 Å². The second kappa shape index (κ2) is 5.66. The van der Waals surface area contributed by atoms with E-state index in [4.69, 9.17) is 18.0 Å². The SMILES string of the molecule is CN1CCN(c2ccc(C(N)=S)c(Br)c2)c2ccccc21. The maximum absolute atomic E-state index is 5.72. The zero-order valence-electron chi connectivity index (χ0n) is 11.7. The Labute approximate surface area is 138 Å². The van der Waals surface area contributed by atoms with Gasteiger partial charge in [0, 0.05) is 35.9 Å². The molecule has 0 fully saturated rings. The number of thiocarbonyl (C=S) groups is 1. The number of halogens is 1. The Kier molecular flexibility index (Phi) is 3.87. The maximum atomic E-state index is 5.72. The van der Waals surface area contributed by atoms with E-state index in [1.165, 1.54) is 11.4 Å². The highest BCUT2D eigenvalue weighted by Crippen LogP contribution is 2.37. The van der Waals surface area contributed by atoms with Crippen molar-refractivity contribution in [3.05, 3.63) is 52.5 Å². The van der Waals surface area contributed by atoms with Gasteiger partial charge >= 0.3 is 0 Å². The third-order valence-corrected chi connectivity index (χ3v) is 4.65. The number of hydrogen-bond acceptors (Lipinski definition) is 3. The average Bonchev–Trinajstić information content (AvgIpc) is 2.47. The first-order valence-corrected chi connectivity index (χ1v) is 7.95. The lowest BCUT2D eigenvalue weighted by atomic mass is 10.1. The number of rotatable bonds is 2. The summed E-state index contributed by atoms with van der Waals surface area (Å²) in [5.41, 5.74) is 10.2. The van der Waals surface area contributed by atoms with Gasteiger partial charge in [0.15, 0.2) is 0 Å². The quantitative estimate of drug-likeness (QED) is 0.827. The minimum absolute atomic E-state index is 0.409. The highest BCUT2D eigenvalue weighted by molar-refractivity contribution is 9.10. The molecule has 108 valence electrons. The van der Waals surface area contributed by atoms with Crippen LogP contribution >= 0.6 is 28.1 Å². The van der Waals surface area contributed by atoms with Gasteiger partial charge in [-0.2, -0.15) is 0 Å². The van der Waals surface area contributed by atoms with Crippen LogP contribution in [0.4, 0.5) is 17.1 Å². The van der Waals surface area contributed by atoms with Gasteiger partial charge in [0.25, 0.3) is 0 Å². The summed E-state index contributed by atoms with van der Waals surface area (Å²) in [7, 11) is 2.13. The van der Waals surface area contributed by atoms with E-state index in [-0.39, 0.29) is 0 Å². The van der Waals surface area contributed by atoms with Crippen molar-refractivity contribution in [3.8, 4) is 0 Å². The highest BCUT2D eigenvalue weighted by atomic mass is 79.9. The number of para-hydroxylation sites is 2. The average molecular weight is 362 g/mol. The van der Waals surface area contributed by atoms with E-state index in [0.29, 0.717) is 4.99 Å². The standard InChI is InChI=1S/C16H16BrN3S/c1-19-8-9-20(15-5-3-2-4-14(15)19)11-6-7-12(16(18)21)13(17)10-11/h2-7,10H,8-9H2,1H3,(H2,18,21). The van der Waals surface area contributed by atoms with Crippen LogP contribution < -0.4 is 15.5 Å². The molecule has 5 heteroatoms. The molecule has 0 saturated carbocycles. The molecule has 2 N–H and O–H groups in total. The van der Waals surface area contributed by atoms with E-state index in [2.05, 4.69) is 69.2 Å². The van der Waals surface area contributed by atoms with E-state index < -0.39 is 0 Å². The van der Waals surface area contributed by atoms with Crippen LogP contribution in [-0.2, 0) is 0 Å². The fourth-order valence-corrected chi connectivity index (χ4v) is 3.54. The van der Waals surface area contributed by atoms with Crippen LogP contribution in [0.2, 0.25) is 0 Å². The molecule has 0 unspecified atom stereocenters. The van der Waals surface area contributed by atoms with Gasteiger partial charge in [0.2, 0.25) is 0 Å². The molecule has 3 rings (SSSR count). The Hall–Kier alpha value is -1.59. The molecule has 0 aromatic heterocycles. The van der Waals surface area contributed by atoms with Crippen molar-refractivity contribution in [3.63, 3.8) is 0 Å². The minimum Gasteiger partial charge on any atom is -0.389 e. The van der Waals surface area contributed by atoms with Gasteiger partial charge in [0.1, 0.15) is 4.99 Å². The second-order valence-corrected chi connectivity index (χ2v) is 6.38. The fraction of sp³-hybridized carbons (Fsp3) is 0.188. The molecular formula is C16H16BrN3S. The van der Waals surface area contributed by atoms with Crippen LogP contribution in [0, 0.1) is 0 Å². The lowest BCUT2D eigenvalue weighted by Gasteiger charge is -2.37. The normalized spacial score (nSPS) is 14.0. The molecule has 0 amide bonds. The monoisotopic (exact) mass is 361 g/mol. The van der Waals surface area contributed by atoms with E-state index in [9.17, 15) is 0 Å². The Morgan fingerprint density at radius 1 is 1.14 bits per heavy atom. The van der Waals surface area contributed by atoms with Crippen molar-refractivity contribution in [1.29, 1.82) is 0 Å². The van der Waals surface area contributed by atoms with Crippen molar-refractivity contribution in [2.75, 3.05) is 29.9 Å². The minimum atomic E-state index is 0.409. The number of likely N-dealkylation sites (N-methyl/N-ethyl adjacent to an activating group) is 1. The van der Waals surface area contributed by atoms with E-state index in [1.54, 1.807) is 0 Å². The van der Waals surface area contributed by atoms with Crippen molar-refractivity contribution in [2.24, 2.45) is 5.73 Å². The molecule has 0 aliphatic carbocycles. The van der Waals surface area contributed by atoms with Crippen molar-refractivity contribution in [1.82, 2.24) is 0 Å². The predicted octanol–water partition coefficient (Wildman–Crippen LogP) is 3.67. The molecule has 1 aliphatic rings. The smallest absolute Gasteiger partial charge is 0.105 e. The lowest BCUT2D eigenvalue weighted by Crippen LogP contribution is -2.36. The molecule has 0 radical (unpaired) electrons. The van der Waals surface area contributed by atoms with Gasteiger partial charge in [-0.3, -0.25) is 0 Å². The molecule has 0 atom stereocenters. The predicted molar refractivity (Wildman–Crippen MR) is 96.7 cm³/mol. The number of anilines is 3. The molecule has 0 spiro atoms. The Bertz CT molecular complexity index is 702. The summed E-state index contributed by atoms with van der Waals surface area (Å²) in [6.07, 6.45) is 0. The summed E-state index contributed by atoms with van der Waals surface area (Å²) in [6.45, 7) is 1.94. The summed E-state index contributed by atoms with van der Waals surface area (Å²) in [4.78, 5) is 5.01. The zero-order valence-corrected chi connectivity index (χ0v) is 14.1. The Morgan fingerprint density at radius 2 is 1.86 bits per heavy atom. The van der Waals surface area contributed by atoms with Crippen molar-refractivity contribution in [2.45, 2.75) is 0 Å². The van der Waals surface area contributed by atoms with Crippen LogP contribution in [0.15, 0.2) is 46.9 Å². The van der Waals surface area contributed by atoms with Crippen LogP contribution in [0.1, 0.15) is 5.56 Å². The van der Waals surface area contributed by atoms with Gasteiger partial charge in [-0.05, 0) is 46.3 Å². The maximum Gasteiger partial charge on any atom is 0.105 e. The molecule has 21 heavy (non-hydrogen) atoms. The molecule has 1 heterocycles. The van der Waals surface area contributed by atoms with E-state index >= 15 is 0 Å². The first-order valence-electron chi connectivity index (χ1n) is 6.75. The summed E-state index contributed by atoms with van der Waals surface area (Å²) < 4.78 is 0.934. The van der Waals surface area contributed by atoms with Crippen LogP contribution in [-0.4, -0.2) is 25.1 Å². The third kappa shape index (κ3) is 2.63. The summed E-state index contributed by atoms with van der Waals surface area (Å²) >= 11 is 8.62. The van der Waals surface area contributed by atoms with Gasteiger partial charge in [-0.15, -0.1) is 0 Å². The lowest BCUT2D eigenvalue weighted by molar-refractivity contribution is 0.822.